The highest BCUT2D eigenvalue weighted by Gasteiger charge is 2.21. The molecule has 0 amide bonds. The molecule has 1 atom stereocenters. The highest BCUT2D eigenvalue weighted by molar-refractivity contribution is 6.30. The predicted molar refractivity (Wildman–Crippen MR) is 105 cm³/mol. The van der Waals surface area contributed by atoms with E-state index in [1.807, 2.05) is 43.3 Å². The van der Waals surface area contributed by atoms with Crippen molar-refractivity contribution < 1.29 is 9.47 Å². The Morgan fingerprint density at radius 1 is 1.31 bits per heavy atom. The van der Waals surface area contributed by atoms with Gasteiger partial charge in [-0.3, -0.25) is 4.99 Å². The summed E-state index contributed by atoms with van der Waals surface area (Å²) >= 11 is 6.07. The Balaban J connectivity index is 1.67. The lowest BCUT2D eigenvalue weighted by molar-refractivity contribution is 0.261. The second-order valence-electron chi connectivity index (χ2n) is 5.98. The highest BCUT2D eigenvalue weighted by Crippen LogP contribution is 2.31. The van der Waals surface area contributed by atoms with Crippen LogP contribution in [0.3, 0.4) is 0 Å². The molecule has 0 radical (unpaired) electrons. The lowest BCUT2D eigenvalue weighted by Crippen LogP contribution is -2.40. The smallest absolute Gasteiger partial charge is 0.191 e. The highest BCUT2D eigenvalue weighted by atomic mass is 35.5. The summed E-state index contributed by atoms with van der Waals surface area (Å²) in [4.78, 5) is 4.35. The van der Waals surface area contributed by atoms with E-state index in [9.17, 15) is 0 Å². The summed E-state index contributed by atoms with van der Waals surface area (Å²) in [6, 6.07) is 14.0. The zero-order chi connectivity index (χ0) is 18.4. The van der Waals surface area contributed by atoms with Crippen LogP contribution in [0.15, 0.2) is 47.5 Å². The molecular formula is C20H24ClN3O2. The van der Waals surface area contributed by atoms with Gasteiger partial charge in [0.25, 0.3) is 0 Å². The molecule has 2 N–H and O–H groups in total. The second kappa shape index (κ2) is 8.81. The summed E-state index contributed by atoms with van der Waals surface area (Å²) in [7, 11) is 1.77. The van der Waals surface area contributed by atoms with Gasteiger partial charge in [0.2, 0.25) is 0 Å². The molecule has 5 nitrogen and oxygen atoms in total. The molecular weight excluding hydrogens is 350 g/mol. The molecule has 0 saturated carbocycles. The van der Waals surface area contributed by atoms with Crippen LogP contribution in [-0.4, -0.2) is 26.2 Å². The standard InChI is InChI=1S/C20H24ClN3O2/c1-3-25-19-12-15(21)9-8-14(19)13-23-20(22-2)24-17-10-11-26-18-7-5-4-6-16(17)18/h4-9,12,17H,3,10-11,13H2,1-2H3,(H2,22,23,24). The van der Waals surface area contributed by atoms with E-state index in [2.05, 4.69) is 21.7 Å². The lowest BCUT2D eigenvalue weighted by Gasteiger charge is -2.28. The molecule has 2 aromatic rings. The molecule has 0 aliphatic carbocycles. The third kappa shape index (κ3) is 4.41. The van der Waals surface area contributed by atoms with E-state index < -0.39 is 0 Å². The van der Waals surface area contributed by atoms with Gasteiger partial charge in [-0.05, 0) is 25.1 Å². The van der Waals surface area contributed by atoms with Gasteiger partial charge in [-0.15, -0.1) is 0 Å². The van der Waals surface area contributed by atoms with Gasteiger partial charge in [-0.25, -0.2) is 0 Å². The van der Waals surface area contributed by atoms with E-state index in [4.69, 9.17) is 21.1 Å². The summed E-state index contributed by atoms with van der Waals surface area (Å²) in [6.07, 6.45) is 0.892. The Bertz CT molecular complexity index is 779. The maximum Gasteiger partial charge on any atom is 0.191 e. The third-order valence-corrected chi connectivity index (χ3v) is 4.50. The van der Waals surface area contributed by atoms with Crippen LogP contribution in [-0.2, 0) is 6.54 Å². The van der Waals surface area contributed by atoms with Crippen LogP contribution in [0.2, 0.25) is 5.02 Å². The minimum absolute atomic E-state index is 0.169. The molecule has 3 rings (SSSR count). The monoisotopic (exact) mass is 373 g/mol. The number of hydrogen-bond acceptors (Lipinski definition) is 3. The molecule has 0 spiro atoms. The topological polar surface area (TPSA) is 54.9 Å². The molecule has 1 heterocycles. The predicted octanol–water partition coefficient (Wildman–Crippen LogP) is 3.93. The SMILES string of the molecule is CCOc1cc(Cl)ccc1CNC(=NC)NC1CCOc2ccccc21. The summed E-state index contributed by atoms with van der Waals surface area (Å²) in [5.74, 6) is 2.46. The summed E-state index contributed by atoms with van der Waals surface area (Å²) < 4.78 is 11.4. The number of halogens is 1. The number of rotatable bonds is 5. The van der Waals surface area contributed by atoms with Gasteiger partial charge in [-0.2, -0.15) is 0 Å². The summed E-state index contributed by atoms with van der Waals surface area (Å²) in [5.41, 5.74) is 2.19. The number of hydrogen-bond donors (Lipinski definition) is 2. The number of nitrogens with one attached hydrogen (secondary N) is 2. The van der Waals surface area contributed by atoms with E-state index in [1.54, 1.807) is 7.05 Å². The fraction of sp³-hybridized carbons (Fsp3) is 0.350. The first-order chi connectivity index (χ1) is 12.7. The largest absolute Gasteiger partial charge is 0.493 e. The van der Waals surface area contributed by atoms with Crippen molar-refractivity contribution in [2.45, 2.75) is 25.9 Å². The summed E-state index contributed by atoms with van der Waals surface area (Å²) in [5, 5.41) is 7.51. The van der Waals surface area contributed by atoms with E-state index in [0.717, 1.165) is 35.0 Å². The van der Waals surface area contributed by atoms with Crippen molar-refractivity contribution in [2.75, 3.05) is 20.3 Å². The van der Waals surface area contributed by atoms with E-state index in [1.165, 1.54) is 0 Å². The first-order valence-electron chi connectivity index (χ1n) is 8.81. The lowest BCUT2D eigenvalue weighted by atomic mass is 10.0. The average molecular weight is 374 g/mol. The molecule has 2 aromatic carbocycles. The van der Waals surface area contributed by atoms with Crippen LogP contribution in [0.1, 0.15) is 30.5 Å². The van der Waals surface area contributed by atoms with Crippen LogP contribution in [0.25, 0.3) is 0 Å². The van der Waals surface area contributed by atoms with Gasteiger partial charge in [0.1, 0.15) is 11.5 Å². The van der Waals surface area contributed by atoms with Crippen molar-refractivity contribution in [1.29, 1.82) is 0 Å². The van der Waals surface area contributed by atoms with Gasteiger partial charge < -0.3 is 20.1 Å². The maximum absolute atomic E-state index is 6.07. The van der Waals surface area contributed by atoms with Crippen LogP contribution in [0, 0.1) is 0 Å². The Hall–Kier alpha value is -2.40. The molecule has 138 valence electrons. The fourth-order valence-corrected chi connectivity index (χ4v) is 3.16. The van der Waals surface area contributed by atoms with Gasteiger partial charge in [0, 0.05) is 36.2 Å². The summed E-state index contributed by atoms with van der Waals surface area (Å²) in [6.45, 7) is 3.84. The molecule has 1 aliphatic rings. The molecule has 0 aromatic heterocycles. The Morgan fingerprint density at radius 2 is 2.15 bits per heavy atom. The molecule has 0 bridgehead atoms. The quantitative estimate of drug-likeness (QED) is 0.616. The minimum atomic E-state index is 0.169. The van der Waals surface area contributed by atoms with Crippen LogP contribution >= 0.6 is 11.6 Å². The maximum atomic E-state index is 6.07. The number of benzene rings is 2. The van der Waals surface area contributed by atoms with Crippen molar-refractivity contribution in [2.24, 2.45) is 4.99 Å². The minimum Gasteiger partial charge on any atom is -0.493 e. The molecule has 26 heavy (non-hydrogen) atoms. The van der Waals surface area contributed by atoms with Crippen molar-refractivity contribution in [3.8, 4) is 11.5 Å². The Morgan fingerprint density at radius 3 is 2.96 bits per heavy atom. The van der Waals surface area contributed by atoms with Crippen molar-refractivity contribution in [3.63, 3.8) is 0 Å². The zero-order valence-corrected chi connectivity index (χ0v) is 15.8. The van der Waals surface area contributed by atoms with Crippen molar-refractivity contribution in [3.05, 3.63) is 58.6 Å². The Kier molecular flexibility index (Phi) is 6.23. The first-order valence-corrected chi connectivity index (χ1v) is 9.19. The molecule has 1 unspecified atom stereocenters. The van der Waals surface area contributed by atoms with Gasteiger partial charge in [-0.1, -0.05) is 35.9 Å². The molecule has 6 heteroatoms. The van der Waals surface area contributed by atoms with Crippen LogP contribution in [0.4, 0.5) is 0 Å². The fourth-order valence-electron chi connectivity index (χ4n) is 2.99. The number of nitrogens with zero attached hydrogens (tertiary/aromatic N) is 1. The Labute approximate surface area is 159 Å². The second-order valence-corrected chi connectivity index (χ2v) is 6.42. The van der Waals surface area contributed by atoms with Crippen LogP contribution < -0.4 is 20.1 Å². The van der Waals surface area contributed by atoms with Gasteiger partial charge >= 0.3 is 0 Å². The third-order valence-electron chi connectivity index (χ3n) is 4.27. The molecule has 0 saturated heterocycles. The molecule has 1 aliphatic heterocycles. The van der Waals surface area contributed by atoms with E-state index in [0.29, 0.717) is 24.8 Å². The molecule has 0 fully saturated rings. The number of ether oxygens (including phenoxy) is 2. The van der Waals surface area contributed by atoms with Gasteiger partial charge in [0.05, 0.1) is 19.3 Å². The van der Waals surface area contributed by atoms with E-state index >= 15 is 0 Å². The average Bonchev–Trinajstić information content (AvgIpc) is 2.66. The van der Waals surface area contributed by atoms with Gasteiger partial charge in [0.15, 0.2) is 5.96 Å². The van der Waals surface area contributed by atoms with Crippen molar-refractivity contribution in [1.82, 2.24) is 10.6 Å². The number of guanidine groups is 1. The zero-order valence-electron chi connectivity index (χ0n) is 15.1. The normalized spacial score (nSPS) is 16.4. The number of fused-ring (bicyclic) bond motifs is 1. The van der Waals surface area contributed by atoms with Crippen molar-refractivity contribution >= 4 is 17.6 Å². The van der Waals surface area contributed by atoms with Crippen LogP contribution in [0.5, 0.6) is 11.5 Å². The number of para-hydroxylation sites is 1. The first kappa shape index (κ1) is 18.4. The van der Waals surface area contributed by atoms with E-state index in [-0.39, 0.29) is 6.04 Å². The number of aliphatic imine (C=N–C) groups is 1.